The van der Waals surface area contributed by atoms with Crippen LogP contribution in [0.2, 0.25) is 0 Å². The molecular weight excluding hydrogens is 442 g/mol. The molecule has 0 aromatic heterocycles. The first-order chi connectivity index (χ1) is 13.7. The lowest BCUT2D eigenvalue weighted by atomic mass is 9.97. The average molecular weight is 491 g/mol. The molecule has 10 heteroatoms. The zero-order valence-corrected chi connectivity index (χ0v) is 23.3. The molecule has 3 N–H and O–H groups in total. The first-order valence-corrected chi connectivity index (χ1v) is 14.2. The molecule has 31 heavy (non-hydrogen) atoms. The van der Waals surface area contributed by atoms with Gasteiger partial charge in [-0.2, -0.15) is 0 Å². The van der Waals surface area contributed by atoms with E-state index >= 15 is 0 Å². The quantitative estimate of drug-likeness (QED) is 0.274. The van der Waals surface area contributed by atoms with Gasteiger partial charge in [-0.3, -0.25) is 13.6 Å². The largest absolute Gasteiger partial charge is 0.472 e. The fraction of sp³-hybridized carbons (Fsp3) is 1.00. The van der Waals surface area contributed by atoms with Gasteiger partial charge < -0.3 is 14.7 Å². The van der Waals surface area contributed by atoms with E-state index in [0.29, 0.717) is 0 Å². The van der Waals surface area contributed by atoms with Crippen LogP contribution in [0.15, 0.2) is 0 Å². The molecule has 0 fully saturated rings. The second kappa shape index (κ2) is 14.5. The highest BCUT2D eigenvalue weighted by Gasteiger charge is 2.35. The van der Waals surface area contributed by atoms with Crippen molar-refractivity contribution in [1.29, 1.82) is 0 Å². The highest BCUT2D eigenvalue weighted by molar-refractivity contribution is 7.47. The number of hydrogen-bond acceptors (Lipinski definition) is 5. The van der Waals surface area contributed by atoms with Crippen molar-refractivity contribution in [3.05, 3.63) is 0 Å². The van der Waals surface area contributed by atoms with Crippen molar-refractivity contribution in [2.45, 2.75) is 101 Å². The topological polar surface area (TPSA) is 123 Å². The number of rotatable bonds is 12. The van der Waals surface area contributed by atoms with Gasteiger partial charge in [0.05, 0.1) is 18.3 Å². The molecule has 0 aromatic carbocycles. The van der Waals surface area contributed by atoms with Crippen LogP contribution in [0.25, 0.3) is 0 Å². The maximum Gasteiger partial charge on any atom is 0.472 e. The SMILES string of the molecule is CC(C)C(OP(=O)(O)O)C(C)C.CC(C)C(OP(=O)(O)OC(C(C)C)C(C)C)C(C)C. The van der Waals surface area contributed by atoms with Gasteiger partial charge in [0.1, 0.15) is 0 Å². The normalized spacial score (nSPS) is 13.7. The highest BCUT2D eigenvalue weighted by Crippen LogP contribution is 2.49. The second-order valence-corrected chi connectivity index (χ2v) is 12.7. The molecule has 0 aliphatic rings. The molecular formula is C21H48O8P2. The van der Waals surface area contributed by atoms with Gasteiger partial charge in [-0.25, -0.2) is 9.13 Å². The molecule has 0 aliphatic carbocycles. The molecule has 0 saturated carbocycles. The van der Waals surface area contributed by atoms with Crippen molar-refractivity contribution in [3.63, 3.8) is 0 Å². The van der Waals surface area contributed by atoms with Crippen molar-refractivity contribution < 1.29 is 37.4 Å². The van der Waals surface area contributed by atoms with Crippen molar-refractivity contribution in [2.24, 2.45) is 35.5 Å². The van der Waals surface area contributed by atoms with E-state index in [-0.39, 0.29) is 53.8 Å². The van der Waals surface area contributed by atoms with Gasteiger partial charge in [0.2, 0.25) is 0 Å². The van der Waals surface area contributed by atoms with E-state index in [1.54, 1.807) is 0 Å². The van der Waals surface area contributed by atoms with E-state index < -0.39 is 15.6 Å². The van der Waals surface area contributed by atoms with Crippen LogP contribution in [0.1, 0.15) is 83.1 Å². The molecule has 0 heterocycles. The molecule has 8 nitrogen and oxygen atoms in total. The van der Waals surface area contributed by atoms with Crippen LogP contribution in [0.4, 0.5) is 0 Å². The fourth-order valence-electron chi connectivity index (χ4n) is 3.53. The minimum atomic E-state index is -4.33. The predicted octanol–water partition coefficient (Wildman–Crippen LogP) is 6.26. The molecule has 0 radical (unpaired) electrons. The summed E-state index contributed by atoms with van der Waals surface area (Å²) >= 11 is 0. The third-order valence-electron chi connectivity index (χ3n) is 4.71. The molecule has 0 saturated heterocycles. The van der Waals surface area contributed by atoms with E-state index in [1.807, 2.05) is 83.1 Å². The van der Waals surface area contributed by atoms with Gasteiger partial charge in [-0.05, 0) is 35.5 Å². The lowest BCUT2D eigenvalue weighted by molar-refractivity contribution is 0.0104. The Morgan fingerprint density at radius 3 is 0.774 bits per heavy atom. The third-order valence-corrected chi connectivity index (χ3v) is 6.25. The molecule has 0 atom stereocenters. The van der Waals surface area contributed by atoms with Crippen molar-refractivity contribution >= 4 is 15.6 Å². The number of phosphoric acid groups is 2. The first kappa shape index (κ1) is 33.4. The standard InChI is InChI=1S/C14H31O4P.C7H17O4P/c1-9(2)13(10(3)4)17-19(15,16)18-14(11(5)6)12(7)8;1-5(2)7(6(3)4)11-12(8,9)10/h9-14H,1-8H3,(H,15,16);5-7H,1-4H3,(H2,8,9,10). The Bertz CT molecular complexity index is 520. The fourth-order valence-corrected chi connectivity index (χ4v) is 5.97. The Balaban J connectivity index is 0. The molecule has 0 spiro atoms. The van der Waals surface area contributed by atoms with Crippen LogP contribution >= 0.6 is 15.6 Å². The summed E-state index contributed by atoms with van der Waals surface area (Å²) in [6, 6.07) is 0. The van der Waals surface area contributed by atoms with Gasteiger partial charge in [0, 0.05) is 0 Å². The summed E-state index contributed by atoms with van der Waals surface area (Å²) in [7, 11) is -8.35. The van der Waals surface area contributed by atoms with E-state index in [1.165, 1.54) is 0 Å². The molecule has 0 aromatic rings. The van der Waals surface area contributed by atoms with Crippen LogP contribution in [0.5, 0.6) is 0 Å². The maximum absolute atomic E-state index is 12.2. The lowest BCUT2D eigenvalue weighted by Crippen LogP contribution is -2.29. The van der Waals surface area contributed by atoms with Crippen molar-refractivity contribution in [2.75, 3.05) is 0 Å². The summed E-state index contributed by atoms with van der Waals surface area (Å²) in [6.07, 6.45) is -0.947. The average Bonchev–Trinajstić information content (AvgIpc) is 2.54. The van der Waals surface area contributed by atoms with Crippen molar-refractivity contribution in [3.8, 4) is 0 Å². The molecule has 0 aliphatic heterocycles. The molecule has 0 amide bonds. The van der Waals surface area contributed by atoms with Gasteiger partial charge in [0.25, 0.3) is 0 Å². The van der Waals surface area contributed by atoms with Crippen LogP contribution in [-0.2, 0) is 22.7 Å². The Labute approximate surface area is 190 Å². The summed E-state index contributed by atoms with van der Waals surface area (Å²) in [6.45, 7) is 23.3. The Morgan fingerprint density at radius 1 is 0.452 bits per heavy atom. The van der Waals surface area contributed by atoms with Gasteiger partial charge >= 0.3 is 15.6 Å². The summed E-state index contributed by atoms with van der Waals surface area (Å²) in [5, 5.41) is 0. The van der Waals surface area contributed by atoms with E-state index in [9.17, 15) is 14.0 Å². The zero-order valence-electron chi connectivity index (χ0n) is 21.5. The van der Waals surface area contributed by atoms with Crippen molar-refractivity contribution in [1.82, 2.24) is 0 Å². The number of phosphoric ester groups is 2. The summed E-state index contributed by atoms with van der Waals surface area (Å²) < 4.78 is 38.1. The third kappa shape index (κ3) is 15.6. The molecule has 0 unspecified atom stereocenters. The van der Waals surface area contributed by atoms with Crippen LogP contribution < -0.4 is 0 Å². The predicted molar refractivity (Wildman–Crippen MR) is 126 cm³/mol. The van der Waals surface area contributed by atoms with E-state index in [2.05, 4.69) is 4.52 Å². The molecule has 0 bridgehead atoms. The second-order valence-electron chi connectivity index (χ2n) is 10.1. The lowest BCUT2D eigenvalue weighted by Gasteiger charge is -2.31. The Kier molecular flexibility index (Phi) is 15.6. The Hall–Kier alpha value is 0.220. The first-order valence-electron chi connectivity index (χ1n) is 11.1. The smallest absolute Gasteiger partial charge is 0.303 e. The van der Waals surface area contributed by atoms with Crippen LogP contribution in [0.3, 0.4) is 0 Å². The number of hydrogen-bond donors (Lipinski definition) is 3. The zero-order chi connectivity index (χ0) is 25.3. The Morgan fingerprint density at radius 2 is 0.645 bits per heavy atom. The van der Waals surface area contributed by atoms with Crippen LogP contribution in [0, 0.1) is 35.5 Å². The van der Waals surface area contributed by atoms with Gasteiger partial charge in [-0.15, -0.1) is 0 Å². The monoisotopic (exact) mass is 490 g/mol. The minimum Gasteiger partial charge on any atom is -0.303 e. The minimum absolute atomic E-state index is 0.109. The van der Waals surface area contributed by atoms with Gasteiger partial charge in [0.15, 0.2) is 0 Å². The van der Waals surface area contributed by atoms with Gasteiger partial charge in [-0.1, -0.05) is 83.1 Å². The van der Waals surface area contributed by atoms with Crippen LogP contribution in [-0.4, -0.2) is 33.0 Å². The van der Waals surface area contributed by atoms with E-state index in [0.717, 1.165) is 0 Å². The van der Waals surface area contributed by atoms with E-state index in [4.69, 9.17) is 18.8 Å². The summed E-state index contributed by atoms with van der Waals surface area (Å²) in [5.41, 5.74) is 0. The molecule has 0 rings (SSSR count). The molecule has 190 valence electrons. The summed E-state index contributed by atoms with van der Waals surface area (Å²) in [5.74, 6) is 0.887. The highest BCUT2D eigenvalue weighted by atomic mass is 31.2. The summed E-state index contributed by atoms with van der Waals surface area (Å²) in [4.78, 5) is 27.1. The maximum atomic E-state index is 12.2.